The van der Waals surface area contributed by atoms with E-state index in [2.05, 4.69) is 22.8 Å². The Balaban J connectivity index is 1.50. The summed E-state index contributed by atoms with van der Waals surface area (Å²) in [7, 11) is 0. The number of carbonyl (C=O) groups is 1. The van der Waals surface area contributed by atoms with E-state index < -0.39 is 6.29 Å². The van der Waals surface area contributed by atoms with Crippen molar-refractivity contribution in [3.8, 4) is 5.75 Å². The lowest BCUT2D eigenvalue weighted by Gasteiger charge is -2.43. The van der Waals surface area contributed by atoms with E-state index in [1.54, 1.807) is 23.9 Å². The minimum Gasteiger partial charge on any atom is -0.508 e. The monoisotopic (exact) mass is 570 g/mol. The number of benzene rings is 4. The lowest BCUT2D eigenvalue weighted by atomic mass is 9.84. The number of hydrogen-bond donors (Lipinski definition) is 4. The molecule has 8 heteroatoms. The molecule has 2 amide bonds. The van der Waals surface area contributed by atoms with Gasteiger partial charge in [-0.1, -0.05) is 66.7 Å². The van der Waals surface area contributed by atoms with Crippen molar-refractivity contribution in [1.82, 2.24) is 5.32 Å². The molecular weight excluding hydrogens is 536 g/mol. The van der Waals surface area contributed by atoms with Crippen LogP contribution >= 0.6 is 11.8 Å². The van der Waals surface area contributed by atoms with E-state index in [1.807, 2.05) is 85.8 Å². The predicted molar refractivity (Wildman–Crippen MR) is 161 cm³/mol. The number of anilines is 1. The minimum absolute atomic E-state index is 0.0308. The maximum Gasteiger partial charge on any atom is 0.319 e. The number of ether oxygens (including phenoxy) is 2. The SMILES string of the molecule is CCNC(=O)Nc1cccc(C2O[C@H](CSc3ccc(O)cc3)[C@@H](c3ccccc3)[C@H](c3ccc(CO)cc3)O2)c1. The van der Waals surface area contributed by atoms with Gasteiger partial charge in [0.15, 0.2) is 6.29 Å². The summed E-state index contributed by atoms with van der Waals surface area (Å²) in [6.07, 6.45) is -1.26. The Labute approximate surface area is 244 Å². The summed E-state index contributed by atoms with van der Waals surface area (Å²) in [5.74, 6) is 0.756. The average molecular weight is 571 g/mol. The summed E-state index contributed by atoms with van der Waals surface area (Å²) in [4.78, 5) is 13.2. The Morgan fingerprint density at radius 1 is 0.854 bits per heavy atom. The van der Waals surface area contributed by atoms with Gasteiger partial charge in [-0.3, -0.25) is 0 Å². The second-order valence-electron chi connectivity index (χ2n) is 9.81. The molecule has 4 atom stereocenters. The smallest absolute Gasteiger partial charge is 0.319 e. The summed E-state index contributed by atoms with van der Waals surface area (Å²) in [6.45, 7) is 2.36. The van der Waals surface area contributed by atoms with Gasteiger partial charge in [-0.2, -0.15) is 0 Å². The first-order valence-corrected chi connectivity index (χ1v) is 14.6. The van der Waals surface area contributed by atoms with Crippen molar-refractivity contribution in [1.29, 1.82) is 0 Å². The van der Waals surface area contributed by atoms with E-state index in [0.717, 1.165) is 27.1 Å². The fourth-order valence-electron chi connectivity index (χ4n) is 4.97. The van der Waals surface area contributed by atoms with Crippen molar-refractivity contribution in [3.63, 3.8) is 0 Å². The molecule has 41 heavy (non-hydrogen) atoms. The first-order chi connectivity index (χ1) is 20.0. The number of hydrogen-bond acceptors (Lipinski definition) is 6. The third-order valence-electron chi connectivity index (χ3n) is 6.98. The van der Waals surface area contributed by atoms with Gasteiger partial charge < -0.3 is 30.3 Å². The second kappa shape index (κ2) is 13.7. The van der Waals surface area contributed by atoms with Crippen LogP contribution < -0.4 is 10.6 Å². The molecule has 212 valence electrons. The molecule has 4 N–H and O–H groups in total. The van der Waals surface area contributed by atoms with E-state index in [-0.39, 0.29) is 36.5 Å². The number of nitrogens with one attached hydrogen (secondary N) is 2. The highest BCUT2D eigenvalue weighted by atomic mass is 32.2. The van der Waals surface area contributed by atoms with Gasteiger partial charge in [-0.15, -0.1) is 11.8 Å². The molecule has 0 saturated carbocycles. The highest BCUT2D eigenvalue weighted by Gasteiger charge is 2.42. The number of urea groups is 1. The number of aliphatic hydroxyl groups is 1. The topological polar surface area (TPSA) is 100 Å². The summed E-state index contributed by atoms with van der Waals surface area (Å²) in [5.41, 5.74) is 4.36. The summed E-state index contributed by atoms with van der Waals surface area (Å²) >= 11 is 1.66. The van der Waals surface area contributed by atoms with Crippen molar-refractivity contribution in [2.45, 2.75) is 42.8 Å². The van der Waals surface area contributed by atoms with E-state index in [0.29, 0.717) is 18.0 Å². The molecule has 0 spiro atoms. The normalized spacial score (nSPS) is 20.3. The van der Waals surface area contributed by atoms with Gasteiger partial charge in [-0.05, 0) is 60.0 Å². The number of phenols is 1. The Bertz CT molecular complexity index is 1420. The highest BCUT2D eigenvalue weighted by Crippen LogP contribution is 2.48. The van der Waals surface area contributed by atoms with Crippen LogP contribution in [0.25, 0.3) is 0 Å². The minimum atomic E-state index is -0.682. The van der Waals surface area contributed by atoms with Crippen LogP contribution in [0.3, 0.4) is 0 Å². The Morgan fingerprint density at radius 3 is 2.29 bits per heavy atom. The number of amides is 2. The fraction of sp³-hybridized carbons (Fsp3) is 0.242. The van der Waals surface area contributed by atoms with Crippen LogP contribution in [0.1, 0.15) is 47.5 Å². The van der Waals surface area contributed by atoms with Crippen LogP contribution in [0.2, 0.25) is 0 Å². The molecule has 0 bridgehead atoms. The van der Waals surface area contributed by atoms with Gasteiger partial charge >= 0.3 is 6.03 Å². The zero-order chi connectivity index (χ0) is 28.6. The van der Waals surface area contributed by atoms with Crippen LogP contribution in [0, 0.1) is 0 Å². The van der Waals surface area contributed by atoms with E-state index in [1.165, 1.54) is 0 Å². The van der Waals surface area contributed by atoms with E-state index >= 15 is 0 Å². The summed E-state index contributed by atoms with van der Waals surface area (Å²) in [5, 5.41) is 25.0. The third-order valence-corrected chi connectivity index (χ3v) is 8.08. The van der Waals surface area contributed by atoms with E-state index in [9.17, 15) is 15.0 Å². The standard InChI is InChI=1S/C33H34N2O5S/c1-2-34-33(38)35-26-10-6-9-25(19-26)32-39-29(21-41-28-17-15-27(37)16-18-28)30(23-7-4-3-5-8-23)31(40-32)24-13-11-22(20-36)12-14-24/h3-19,29-32,36-37H,2,20-21H2,1H3,(H2,34,35,38)/t29-,30-,31+,32?/m1/s1. The van der Waals surface area contributed by atoms with Gasteiger partial charge in [0.05, 0.1) is 18.8 Å². The molecule has 1 fully saturated rings. The largest absolute Gasteiger partial charge is 0.508 e. The first kappa shape index (κ1) is 28.7. The van der Waals surface area contributed by atoms with Crippen molar-refractivity contribution < 1.29 is 24.5 Å². The molecule has 1 aliphatic heterocycles. The molecule has 4 aromatic rings. The average Bonchev–Trinajstić information content (AvgIpc) is 3.01. The number of carbonyl (C=O) groups excluding carboxylic acids is 1. The van der Waals surface area contributed by atoms with Crippen molar-refractivity contribution in [2.75, 3.05) is 17.6 Å². The third kappa shape index (κ3) is 7.28. The van der Waals surface area contributed by atoms with Gasteiger partial charge in [-0.25, -0.2) is 4.79 Å². The molecule has 4 aromatic carbocycles. The van der Waals surface area contributed by atoms with Gasteiger partial charge in [0.1, 0.15) is 5.75 Å². The maximum atomic E-state index is 12.2. The molecule has 1 aliphatic rings. The quantitative estimate of drug-likeness (QED) is 0.166. The first-order valence-electron chi connectivity index (χ1n) is 13.7. The Kier molecular flexibility index (Phi) is 9.59. The summed E-state index contributed by atoms with van der Waals surface area (Å²) < 4.78 is 13.5. The van der Waals surface area contributed by atoms with Gasteiger partial charge in [0.2, 0.25) is 0 Å². The van der Waals surface area contributed by atoms with E-state index in [4.69, 9.17) is 9.47 Å². The lowest BCUT2D eigenvalue weighted by Crippen LogP contribution is -2.38. The molecule has 1 saturated heterocycles. The second-order valence-corrected chi connectivity index (χ2v) is 10.9. The summed E-state index contributed by atoms with van der Waals surface area (Å²) in [6, 6.07) is 32.5. The number of aromatic hydroxyl groups is 1. The van der Waals surface area contributed by atoms with Crippen molar-refractivity contribution in [2.24, 2.45) is 0 Å². The van der Waals surface area contributed by atoms with Gasteiger partial charge in [0.25, 0.3) is 0 Å². The lowest BCUT2D eigenvalue weighted by molar-refractivity contribution is -0.255. The number of phenolic OH excluding ortho intramolecular Hbond substituents is 1. The Morgan fingerprint density at radius 2 is 1.59 bits per heavy atom. The molecule has 1 heterocycles. The molecule has 0 aromatic heterocycles. The fourth-order valence-corrected chi connectivity index (χ4v) is 5.94. The van der Waals surface area contributed by atoms with Crippen LogP contribution in [0.5, 0.6) is 5.75 Å². The van der Waals surface area contributed by atoms with Crippen molar-refractivity contribution in [3.05, 3.63) is 125 Å². The predicted octanol–water partition coefficient (Wildman–Crippen LogP) is 6.76. The molecule has 0 aliphatic carbocycles. The molecule has 0 radical (unpaired) electrons. The van der Waals surface area contributed by atoms with Crippen LogP contribution in [0.4, 0.5) is 10.5 Å². The zero-order valence-corrected chi connectivity index (χ0v) is 23.6. The van der Waals surface area contributed by atoms with Crippen LogP contribution in [-0.2, 0) is 16.1 Å². The van der Waals surface area contributed by atoms with Crippen LogP contribution in [0.15, 0.2) is 108 Å². The molecule has 7 nitrogen and oxygen atoms in total. The molecule has 1 unspecified atom stereocenters. The number of rotatable bonds is 9. The highest BCUT2D eigenvalue weighted by molar-refractivity contribution is 7.99. The Hall–Kier alpha value is -3.82. The maximum absolute atomic E-state index is 12.2. The van der Waals surface area contributed by atoms with Gasteiger partial charge in [0, 0.05) is 34.4 Å². The van der Waals surface area contributed by atoms with Crippen molar-refractivity contribution >= 4 is 23.5 Å². The van der Waals surface area contributed by atoms with Crippen LogP contribution in [-0.4, -0.2) is 34.6 Å². The number of aliphatic hydroxyl groups excluding tert-OH is 1. The number of thioether (sulfide) groups is 1. The molecular formula is C33H34N2O5S. The zero-order valence-electron chi connectivity index (χ0n) is 22.8. The molecule has 5 rings (SSSR count).